The fraction of sp³-hybridized carbons (Fsp3) is 0.312. The van der Waals surface area contributed by atoms with Crippen LogP contribution < -0.4 is 14.2 Å². The van der Waals surface area contributed by atoms with Crippen molar-refractivity contribution in [2.45, 2.75) is 45.7 Å². The number of nitrogens with zero attached hydrogens (tertiary/aromatic N) is 1. The molecule has 0 spiro atoms. The van der Waals surface area contributed by atoms with Crippen LogP contribution in [0.15, 0.2) is 72.3 Å². The highest BCUT2D eigenvalue weighted by atomic mass is 16.6. The highest BCUT2D eigenvalue weighted by Crippen LogP contribution is 2.42. The second-order valence-corrected chi connectivity index (χ2v) is 10.7. The second-order valence-electron chi connectivity index (χ2n) is 10.7. The predicted octanol–water partition coefficient (Wildman–Crippen LogP) is 5.78. The van der Waals surface area contributed by atoms with E-state index in [0.717, 1.165) is 22.4 Å². The maximum Gasteiger partial charge on any atom is 0.295 e. The van der Waals surface area contributed by atoms with E-state index in [4.69, 9.17) is 14.2 Å². The fourth-order valence-corrected chi connectivity index (χ4v) is 4.96. The molecule has 1 fully saturated rings. The molecule has 3 aromatic rings. The van der Waals surface area contributed by atoms with E-state index < -0.39 is 17.7 Å². The second kappa shape index (κ2) is 10.5. The van der Waals surface area contributed by atoms with E-state index in [0.29, 0.717) is 36.9 Å². The summed E-state index contributed by atoms with van der Waals surface area (Å²) in [7, 11) is 0. The van der Waals surface area contributed by atoms with Crippen molar-refractivity contribution in [1.82, 2.24) is 4.90 Å². The van der Waals surface area contributed by atoms with Gasteiger partial charge in [0.15, 0.2) is 11.5 Å². The van der Waals surface area contributed by atoms with Gasteiger partial charge in [-0.25, -0.2) is 0 Å². The summed E-state index contributed by atoms with van der Waals surface area (Å²) in [5.74, 6) is 0.162. The van der Waals surface area contributed by atoms with Gasteiger partial charge in [-0.1, -0.05) is 57.2 Å². The number of ketones is 1. The van der Waals surface area contributed by atoms with Crippen LogP contribution in [0.3, 0.4) is 0 Å². The monoisotopic (exact) mass is 527 g/mol. The number of likely N-dealkylation sites (tertiary alicyclic amines) is 1. The third kappa shape index (κ3) is 5.21. The first-order valence-electron chi connectivity index (χ1n) is 13.2. The Morgan fingerprint density at radius 2 is 1.62 bits per heavy atom. The summed E-state index contributed by atoms with van der Waals surface area (Å²) < 4.78 is 16.8. The fourth-order valence-electron chi connectivity index (χ4n) is 4.96. The van der Waals surface area contributed by atoms with Gasteiger partial charge in [0.05, 0.1) is 18.2 Å². The number of hydrogen-bond acceptors (Lipinski definition) is 6. The van der Waals surface area contributed by atoms with Gasteiger partial charge in [-0.15, -0.1) is 0 Å². The zero-order valence-electron chi connectivity index (χ0n) is 22.7. The van der Waals surface area contributed by atoms with Crippen LogP contribution >= 0.6 is 0 Å². The minimum atomic E-state index is -0.765. The van der Waals surface area contributed by atoms with Crippen molar-refractivity contribution < 1.29 is 28.9 Å². The first-order chi connectivity index (χ1) is 18.7. The van der Waals surface area contributed by atoms with Crippen LogP contribution in [0.4, 0.5) is 0 Å². The molecule has 5 rings (SSSR count). The number of benzene rings is 3. The molecule has 0 bridgehead atoms. The first kappa shape index (κ1) is 26.4. The lowest BCUT2D eigenvalue weighted by atomic mass is 9.85. The lowest BCUT2D eigenvalue weighted by molar-refractivity contribution is -0.140. The van der Waals surface area contributed by atoms with Crippen molar-refractivity contribution >= 4 is 17.4 Å². The molecule has 202 valence electrons. The van der Waals surface area contributed by atoms with Crippen molar-refractivity contribution in [2.75, 3.05) is 19.8 Å². The van der Waals surface area contributed by atoms with Crippen LogP contribution in [-0.2, 0) is 21.5 Å². The molecule has 0 saturated carbocycles. The molecular weight excluding hydrogens is 494 g/mol. The molecule has 2 heterocycles. The summed E-state index contributed by atoms with van der Waals surface area (Å²) >= 11 is 0. The lowest BCUT2D eigenvalue weighted by Crippen LogP contribution is -2.29. The van der Waals surface area contributed by atoms with Gasteiger partial charge in [-0.05, 0) is 59.4 Å². The number of aliphatic hydroxyl groups excluding tert-OH is 1. The molecular formula is C32H33NO6. The number of rotatable bonds is 6. The molecule has 0 aromatic heterocycles. The summed E-state index contributed by atoms with van der Waals surface area (Å²) in [5, 5.41) is 11.5. The number of ether oxygens (including phenoxy) is 3. The normalized spacial score (nSPS) is 18.4. The highest BCUT2D eigenvalue weighted by Gasteiger charge is 2.46. The summed E-state index contributed by atoms with van der Waals surface area (Å²) in [4.78, 5) is 28.4. The average molecular weight is 528 g/mol. The van der Waals surface area contributed by atoms with E-state index in [9.17, 15) is 14.7 Å². The number of amides is 1. The Morgan fingerprint density at radius 1 is 0.949 bits per heavy atom. The molecule has 1 unspecified atom stereocenters. The Hall–Kier alpha value is -4.26. The highest BCUT2D eigenvalue weighted by molar-refractivity contribution is 6.46. The number of Topliss-reactive ketones (excluding diaryl/α,β-unsaturated/α-hetero) is 1. The molecule has 1 saturated heterocycles. The zero-order valence-corrected chi connectivity index (χ0v) is 22.7. The third-order valence-electron chi connectivity index (χ3n) is 7.04. The quantitative estimate of drug-likeness (QED) is 0.249. The van der Waals surface area contributed by atoms with Crippen LogP contribution in [-0.4, -0.2) is 41.5 Å². The van der Waals surface area contributed by atoms with Gasteiger partial charge < -0.3 is 24.2 Å². The molecule has 7 heteroatoms. The van der Waals surface area contributed by atoms with Crippen LogP contribution in [0.25, 0.3) is 5.76 Å². The first-order valence-corrected chi connectivity index (χ1v) is 13.2. The summed E-state index contributed by atoms with van der Waals surface area (Å²) in [6, 6.07) is 19.6. The van der Waals surface area contributed by atoms with E-state index in [1.54, 1.807) is 18.2 Å². The topological polar surface area (TPSA) is 85.3 Å². The standard InChI is InChI=1S/C32H33NO6/c1-5-37-24-13-6-20(7-14-24)19-33-28(21-8-11-23(12-9-21)32(2,3)4)27(30(35)31(33)36)29(34)22-10-15-25-26(18-22)39-17-16-38-25/h6-15,18,28,34H,5,16-17,19H2,1-4H3/b29-27-. The van der Waals surface area contributed by atoms with Crippen molar-refractivity contribution in [3.8, 4) is 17.2 Å². The van der Waals surface area contributed by atoms with E-state index in [2.05, 4.69) is 20.8 Å². The molecule has 0 radical (unpaired) electrons. The van der Waals surface area contributed by atoms with E-state index in [-0.39, 0.29) is 23.3 Å². The van der Waals surface area contributed by atoms with Crippen LogP contribution in [0.2, 0.25) is 0 Å². The molecule has 3 aromatic carbocycles. The Labute approximate surface area is 228 Å². The van der Waals surface area contributed by atoms with Gasteiger partial charge in [0.25, 0.3) is 11.7 Å². The number of hydrogen-bond donors (Lipinski definition) is 1. The van der Waals surface area contributed by atoms with Crippen molar-refractivity contribution in [1.29, 1.82) is 0 Å². The van der Waals surface area contributed by atoms with Gasteiger partial charge in [-0.2, -0.15) is 0 Å². The molecule has 2 aliphatic rings. The molecule has 1 N–H and O–H groups in total. The number of carbonyl (C=O) groups is 2. The Kier molecular flexibility index (Phi) is 7.08. The largest absolute Gasteiger partial charge is 0.507 e. The zero-order chi connectivity index (χ0) is 27.7. The van der Waals surface area contributed by atoms with Gasteiger partial charge in [0.1, 0.15) is 24.7 Å². The number of aliphatic hydroxyl groups is 1. The number of fused-ring (bicyclic) bond motifs is 1. The minimum absolute atomic E-state index is 0.0473. The van der Waals surface area contributed by atoms with E-state index in [1.807, 2.05) is 55.5 Å². The third-order valence-corrected chi connectivity index (χ3v) is 7.04. The number of carbonyl (C=O) groups excluding carboxylic acids is 2. The molecule has 0 aliphatic carbocycles. The van der Waals surface area contributed by atoms with Gasteiger partial charge in [0.2, 0.25) is 0 Å². The van der Waals surface area contributed by atoms with Crippen LogP contribution in [0, 0.1) is 0 Å². The van der Waals surface area contributed by atoms with Crippen molar-refractivity contribution in [3.63, 3.8) is 0 Å². The molecule has 39 heavy (non-hydrogen) atoms. The average Bonchev–Trinajstić information content (AvgIpc) is 3.18. The van der Waals surface area contributed by atoms with E-state index in [1.165, 1.54) is 4.90 Å². The SMILES string of the molecule is CCOc1ccc(CN2C(=O)C(=O)/C(=C(\O)c3ccc4c(c3)OCCO4)C2c2ccc(C(C)(C)C)cc2)cc1. The molecule has 1 amide bonds. The van der Waals surface area contributed by atoms with Gasteiger partial charge in [-0.3, -0.25) is 9.59 Å². The Morgan fingerprint density at radius 3 is 2.26 bits per heavy atom. The maximum absolute atomic E-state index is 13.5. The van der Waals surface area contributed by atoms with Gasteiger partial charge in [0, 0.05) is 12.1 Å². The van der Waals surface area contributed by atoms with Crippen molar-refractivity contribution in [3.05, 3.63) is 94.6 Å². The summed E-state index contributed by atoms with van der Waals surface area (Å²) in [6.45, 7) is 9.88. The summed E-state index contributed by atoms with van der Waals surface area (Å²) in [5.41, 5.74) is 3.08. The predicted molar refractivity (Wildman–Crippen MR) is 148 cm³/mol. The Balaban J connectivity index is 1.59. The lowest BCUT2D eigenvalue weighted by Gasteiger charge is -2.27. The molecule has 1 atom stereocenters. The van der Waals surface area contributed by atoms with Crippen LogP contribution in [0.5, 0.6) is 17.2 Å². The van der Waals surface area contributed by atoms with Crippen molar-refractivity contribution in [2.24, 2.45) is 0 Å². The van der Waals surface area contributed by atoms with Crippen LogP contribution in [0.1, 0.15) is 56.0 Å². The molecule has 7 nitrogen and oxygen atoms in total. The smallest absolute Gasteiger partial charge is 0.295 e. The maximum atomic E-state index is 13.5. The minimum Gasteiger partial charge on any atom is -0.507 e. The summed E-state index contributed by atoms with van der Waals surface area (Å²) in [6.07, 6.45) is 0. The van der Waals surface area contributed by atoms with E-state index >= 15 is 0 Å². The molecule has 2 aliphatic heterocycles. The Bertz CT molecular complexity index is 1420. The van der Waals surface area contributed by atoms with Gasteiger partial charge >= 0.3 is 0 Å².